The fourth-order valence-electron chi connectivity index (χ4n) is 1.59. The maximum Gasteiger partial charge on any atom is 0.270 e. The van der Waals surface area contributed by atoms with E-state index in [2.05, 4.69) is 4.98 Å². The lowest BCUT2D eigenvalue weighted by Gasteiger charge is -2.07. The fraction of sp³-hybridized carbons (Fsp3) is 0.0833. The van der Waals surface area contributed by atoms with Crippen molar-refractivity contribution in [2.75, 3.05) is 7.11 Å². The number of nitro groups is 1. The third kappa shape index (κ3) is 2.13. The monoisotopic (exact) mass is 248 g/mol. The van der Waals surface area contributed by atoms with E-state index in [0.717, 1.165) is 18.2 Å². The molecular weight excluding hydrogens is 239 g/mol. The number of pyridine rings is 1. The number of nitro benzene ring substituents is 1. The average Bonchev–Trinajstić information content (AvgIpc) is 2.39. The van der Waals surface area contributed by atoms with Crippen LogP contribution < -0.4 is 4.74 Å². The Morgan fingerprint density at radius 1 is 1.33 bits per heavy atom. The first-order chi connectivity index (χ1) is 8.63. The van der Waals surface area contributed by atoms with Crippen LogP contribution in [0.25, 0.3) is 11.1 Å². The van der Waals surface area contributed by atoms with Gasteiger partial charge in [-0.1, -0.05) is 0 Å². The molecule has 2 rings (SSSR count). The van der Waals surface area contributed by atoms with Gasteiger partial charge in [-0.2, -0.15) is 0 Å². The predicted octanol–water partition coefficient (Wildman–Crippen LogP) is 2.80. The van der Waals surface area contributed by atoms with Crippen LogP contribution in [0.2, 0.25) is 0 Å². The maximum absolute atomic E-state index is 13.7. The number of hydrogen-bond donors (Lipinski definition) is 0. The van der Waals surface area contributed by atoms with Crippen molar-refractivity contribution in [3.8, 4) is 17.0 Å². The normalized spacial score (nSPS) is 10.1. The SMILES string of the molecule is COc1ncccc1-c1cc([N+](=O)[O-])ccc1F. The molecule has 92 valence electrons. The molecule has 0 aliphatic rings. The van der Waals surface area contributed by atoms with E-state index >= 15 is 0 Å². The Hall–Kier alpha value is -2.50. The summed E-state index contributed by atoms with van der Waals surface area (Å²) < 4.78 is 18.7. The summed E-state index contributed by atoms with van der Waals surface area (Å²) >= 11 is 0. The Kier molecular flexibility index (Phi) is 3.18. The third-order valence-corrected chi connectivity index (χ3v) is 2.42. The summed E-state index contributed by atoms with van der Waals surface area (Å²) in [7, 11) is 1.40. The van der Waals surface area contributed by atoms with Gasteiger partial charge in [-0.15, -0.1) is 0 Å². The van der Waals surface area contributed by atoms with Gasteiger partial charge in [0.2, 0.25) is 5.88 Å². The van der Waals surface area contributed by atoms with Gasteiger partial charge in [-0.05, 0) is 18.2 Å². The van der Waals surface area contributed by atoms with Crippen LogP contribution in [0.1, 0.15) is 0 Å². The number of rotatable bonds is 3. The van der Waals surface area contributed by atoms with E-state index in [-0.39, 0.29) is 17.1 Å². The Labute approximate surface area is 102 Å². The van der Waals surface area contributed by atoms with Gasteiger partial charge >= 0.3 is 0 Å². The molecule has 0 aliphatic carbocycles. The van der Waals surface area contributed by atoms with Gasteiger partial charge in [0, 0.05) is 29.5 Å². The number of hydrogen-bond acceptors (Lipinski definition) is 4. The number of aromatic nitrogens is 1. The highest BCUT2D eigenvalue weighted by Gasteiger charge is 2.15. The highest BCUT2D eigenvalue weighted by atomic mass is 19.1. The molecule has 0 radical (unpaired) electrons. The Balaban J connectivity index is 2.62. The van der Waals surface area contributed by atoms with Crippen molar-refractivity contribution in [3.05, 3.63) is 52.5 Å². The molecular formula is C12H9FN2O3. The summed E-state index contributed by atoms with van der Waals surface area (Å²) in [4.78, 5) is 14.0. The highest BCUT2D eigenvalue weighted by molar-refractivity contribution is 5.71. The smallest absolute Gasteiger partial charge is 0.270 e. The minimum absolute atomic E-state index is 0.0918. The molecule has 0 saturated carbocycles. The molecule has 0 unspecified atom stereocenters. The standard InChI is InChI=1S/C12H9FN2O3/c1-18-12-9(3-2-6-14-12)10-7-8(15(16)17)4-5-11(10)13/h2-7H,1H3. The molecule has 0 fully saturated rings. The van der Waals surface area contributed by atoms with E-state index in [4.69, 9.17) is 4.74 Å². The van der Waals surface area contributed by atoms with Crippen LogP contribution in [0.3, 0.4) is 0 Å². The summed E-state index contributed by atoms with van der Waals surface area (Å²) in [6, 6.07) is 6.53. The fourth-order valence-corrected chi connectivity index (χ4v) is 1.59. The molecule has 0 amide bonds. The summed E-state index contributed by atoms with van der Waals surface area (Å²) in [5.41, 5.74) is 0.285. The minimum Gasteiger partial charge on any atom is -0.481 e. The van der Waals surface area contributed by atoms with Crippen molar-refractivity contribution in [1.29, 1.82) is 0 Å². The van der Waals surface area contributed by atoms with Gasteiger partial charge in [0.15, 0.2) is 0 Å². The van der Waals surface area contributed by atoms with Crippen molar-refractivity contribution in [1.82, 2.24) is 4.98 Å². The first kappa shape index (κ1) is 12.0. The van der Waals surface area contributed by atoms with Crippen molar-refractivity contribution < 1.29 is 14.1 Å². The van der Waals surface area contributed by atoms with E-state index in [1.807, 2.05) is 0 Å². The minimum atomic E-state index is -0.578. The molecule has 0 aliphatic heterocycles. The molecule has 5 nitrogen and oxygen atoms in total. The van der Waals surface area contributed by atoms with Gasteiger partial charge in [0.1, 0.15) is 5.82 Å². The summed E-state index contributed by atoms with van der Waals surface area (Å²) in [5.74, 6) is -0.344. The topological polar surface area (TPSA) is 65.3 Å². The number of nitrogens with zero attached hydrogens (tertiary/aromatic N) is 2. The first-order valence-corrected chi connectivity index (χ1v) is 5.07. The predicted molar refractivity (Wildman–Crippen MR) is 62.8 cm³/mol. The Bertz CT molecular complexity index is 602. The lowest BCUT2D eigenvalue weighted by molar-refractivity contribution is -0.384. The van der Waals surface area contributed by atoms with Crippen LogP contribution in [0, 0.1) is 15.9 Å². The van der Waals surface area contributed by atoms with Crippen molar-refractivity contribution in [3.63, 3.8) is 0 Å². The van der Waals surface area contributed by atoms with Crippen LogP contribution in [0.5, 0.6) is 5.88 Å². The Morgan fingerprint density at radius 3 is 2.78 bits per heavy atom. The number of methoxy groups -OCH3 is 1. The maximum atomic E-state index is 13.7. The van der Waals surface area contributed by atoms with Crippen LogP contribution >= 0.6 is 0 Å². The van der Waals surface area contributed by atoms with Crippen molar-refractivity contribution >= 4 is 5.69 Å². The summed E-state index contributed by atoms with van der Waals surface area (Å²) in [6.07, 6.45) is 1.50. The second kappa shape index (κ2) is 4.79. The van der Waals surface area contributed by atoms with Gasteiger partial charge in [-0.25, -0.2) is 9.37 Å². The zero-order chi connectivity index (χ0) is 13.1. The molecule has 0 spiro atoms. The summed E-state index contributed by atoms with van der Waals surface area (Å²) in [5, 5.41) is 10.7. The quantitative estimate of drug-likeness (QED) is 0.618. The van der Waals surface area contributed by atoms with Gasteiger partial charge in [0.05, 0.1) is 12.0 Å². The van der Waals surface area contributed by atoms with Crippen LogP contribution in [-0.2, 0) is 0 Å². The molecule has 0 saturated heterocycles. The number of benzene rings is 1. The van der Waals surface area contributed by atoms with Gasteiger partial charge < -0.3 is 4.74 Å². The van der Waals surface area contributed by atoms with Gasteiger partial charge in [0.25, 0.3) is 5.69 Å². The van der Waals surface area contributed by atoms with Crippen LogP contribution in [-0.4, -0.2) is 17.0 Å². The highest BCUT2D eigenvalue weighted by Crippen LogP contribution is 2.32. The lowest BCUT2D eigenvalue weighted by Crippen LogP contribution is -1.95. The lowest BCUT2D eigenvalue weighted by atomic mass is 10.1. The molecule has 0 bridgehead atoms. The second-order valence-electron chi connectivity index (χ2n) is 3.48. The molecule has 1 heterocycles. The van der Waals surface area contributed by atoms with Crippen LogP contribution in [0.4, 0.5) is 10.1 Å². The molecule has 0 atom stereocenters. The Morgan fingerprint density at radius 2 is 2.11 bits per heavy atom. The van der Waals surface area contributed by atoms with E-state index in [9.17, 15) is 14.5 Å². The van der Waals surface area contributed by atoms with E-state index < -0.39 is 10.7 Å². The molecule has 1 aromatic carbocycles. The molecule has 1 aromatic heterocycles. The van der Waals surface area contributed by atoms with Crippen molar-refractivity contribution in [2.45, 2.75) is 0 Å². The third-order valence-electron chi connectivity index (χ3n) is 2.42. The van der Waals surface area contributed by atoms with E-state index in [0.29, 0.717) is 5.56 Å². The largest absolute Gasteiger partial charge is 0.481 e. The van der Waals surface area contributed by atoms with E-state index in [1.165, 1.54) is 13.3 Å². The zero-order valence-corrected chi connectivity index (χ0v) is 9.46. The molecule has 0 N–H and O–H groups in total. The van der Waals surface area contributed by atoms with Gasteiger partial charge in [-0.3, -0.25) is 10.1 Å². The average molecular weight is 248 g/mol. The van der Waals surface area contributed by atoms with E-state index in [1.54, 1.807) is 12.1 Å². The molecule has 18 heavy (non-hydrogen) atoms. The second-order valence-corrected chi connectivity index (χ2v) is 3.48. The van der Waals surface area contributed by atoms with Crippen LogP contribution in [0.15, 0.2) is 36.5 Å². The molecule has 6 heteroatoms. The van der Waals surface area contributed by atoms with Crippen molar-refractivity contribution in [2.24, 2.45) is 0 Å². The number of halogens is 1. The first-order valence-electron chi connectivity index (χ1n) is 5.07. The molecule has 2 aromatic rings. The number of ether oxygens (including phenoxy) is 1. The number of non-ortho nitro benzene ring substituents is 1. The summed E-state index contributed by atoms with van der Waals surface area (Å²) in [6.45, 7) is 0. The zero-order valence-electron chi connectivity index (χ0n) is 9.46.